The van der Waals surface area contributed by atoms with Gasteiger partial charge in [-0.1, -0.05) is 43.7 Å². The summed E-state index contributed by atoms with van der Waals surface area (Å²) in [6, 6.07) is 11.2. The fraction of sp³-hybridized carbons (Fsp3) is 0.458. The number of carbonyl (C=O) groups is 1. The van der Waals surface area contributed by atoms with E-state index in [1.165, 1.54) is 9.87 Å². The molecule has 1 fully saturated rings. The van der Waals surface area contributed by atoms with E-state index in [1.54, 1.807) is 12.1 Å². The van der Waals surface area contributed by atoms with Crippen molar-refractivity contribution < 1.29 is 13.2 Å². The Labute approximate surface area is 180 Å². The van der Waals surface area contributed by atoms with Gasteiger partial charge in [0.05, 0.1) is 4.90 Å². The average Bonchev–Trinajstić information content (AvgIpc) is 2.70. The highest BCUT2D eigenvalue weighted by Crippen LogP contribution is 2.28. The Morgan fingerprint density at radius 3 is 2.03 bits per heavy atom. The standard InChI is InChI=1S/C24H32N2O3S/c1-16(2)20-6-8-22(9-7-20)30(28,29)26-12-10-21(11-13-26)24(27)25-23-18(4)14-17(3)15-19(23)5/h6-9,14-16,21H,10-13H2,1-5H3,(H,25,27). The number of hydrogen-bond acceptors (Lipinski definition) is 3. The van der Waals surface area contributed by atoms with Gasteiger partial charge in [0.2, 0.25) is 15.9 Å². The minimum absolute atomic E-state index is 0.0246. The molecule has 0 bridgehead atoms. The number of piperidine rings is 1. The van der Waals surface area contributed by atoms with Gasteiger partial charge in [-0.3, -0.25) is 4.79 Å². The molecule has 0 atom stereocenters. The van der Waals surface area contributed by atoms with Crippen LogP contribution in [0.1, 0.15) is 54.9 Å². The molecule has 0 aliphatic carbocycles. The molecule has 2 aromatic carbocycles. The third-order valence-electron chi connectivity index (χ3n) is 5.93. The molecular weight excluding hydrogens is 396 g/mol. The minimum atomic E-state index is -3.53. The summed E-state index contributed by atoms with van der Waals surface area (Å²) in [5.41, 5.74) is 5.25. The molecule has 1 aliphatic heterocycles. The molecule has 3 rings (SSSR count). The lowest BCUT2D eigenvalue weighted by molar-refractivity contribution is -0.120. The van der Waals surface area contributed by atoms with Gasteiger partial charge in [-0.25, -0.2) is 8.42 Å². The Kier molecular flexibility index (Phi) is 6.68. The monoisotopic (exact) mass is 428 g/mol. The molecule has 1 heterocycles. The predicted octanol–water partition coefficient (Wildman–Crippen LogP) is 4.77. The molecule has 0 radical (unpaired) electrons. The van der Waals surface area contributed by atoms with Gasteiger partial charge in [-0.15, -0.1) is 0 Å². The van der Waals surface area contributed by atoms with E-state index in [9.17, 15) is 13.2 Å². The van der Waals surface area contributed by atoms with Crippen LogP contribution in [0, 0.1) is 26.7 Å². The number of rotatable bonds is 5. The molecule has 0 spiro atoms. The van der Waals surface area contributed by atoms with Crippen LogP contribution in [0.4, 0.5) is 5.69 Å². The Bertz CT molecular complexity index is 996. The van der Waals surface area contributed by atoms with E-state index >= 15 is 0 Å². The van der Waals surface area contributed by atoms with Crippen LogP contribution in [-0.4, -0.2) is 31.7 Å². The topological polar surface area (TPSA) is 66.5 Å². The molecule has 1 N–H and O–H groups in total. The van der Waals surface area contributed by atoms with Gasteiger partial charge in [0.25, 0.3) is 0 Å². The van der Waals surface area contributed by atoms with Crippen LogP contribution in [0.2, 0.25) is 0 Å². The van der Waals surface area contributed by atoms with Crippen molar-refractivity contribution in [1.82, 2.24) is 4.31 Å². The Hall–Kier alpha value is -2.18. The lowest BCUT2D eigenvalue weighted by atomic mass is 9.96. The van der Waals surface area contributed by atoms with Crippen LogP contribution in [0.15, 0.2) is 41.3 Å². The molecule has 1 aliphatic rings. The molecule has 30 heavy (non-hydrogen) atoms. The van der Waals surface area contributed by atoms with Crippen LogP contribution in [0.5, 0.6) is 0 Å². The fourth-order valence-electron chi connectivity index (χ4n) is 4.13. The van der Waals surface area contributed by atoms with Crippen molar-refractivity contribution >= 4 is 21.6 Å². The number of hydrogen-bond donors (Lipinski definition) is 1. The lowest BCUT2D eigenvalue weighted by Gasteiger charge is -2.31. The highest BCUT2D eigenvalue weighted by atomic mass is 32.2. The van der Waals surface area contributed by atoms with Crippen molar-refractivity contribution in [2.24, 2.45) is 5.92 Å². The van der Waals surface area contributed by atoms with Crippen LogP contribution in [0.3, 0.4) is 0 Å². The molecule has 2 aromatic rings. The van der Waals surface area contributed by atoms with Crippen molar-refractivity contribution in [2.75, 3.05) is 18.4 Å². The highest BCUT2D eigenvalue weighted by molar-refractivity contribution is 7.89. The highest BCUT2D eigenvalue weighted by Gasteiger charge is 2.32. The molecule has 162 valence electrons. The van der Waals surface area contributed by atoms with Crippen LogP contribution in [-0.2, 0) is 14.8 Å². The molecule has 5 nitrogen and oxygen atoms in total. The van der Waals surface area contributed by atoms with E-state index in [1.807, 2.05) is 32.9 Å². The maximum Gasteiger partial charge on any atom is 0.243 e. The summed E-state index contributed by atoms with van der Waals surface area (Å²) >= 11 is 0. The van der Waals surface area contributed by atoms with Crippen molar-refractivity contribution in [3.05, 3.63) is 58.7 Å². The second-order valence-electron chi connectivity index (χ2n) is 8.67. The summed E-state index contributed by atoms with van der Waals surface area (Å²) in [6.45, 7) is 10.9. The van der Waals surface area contributed by atoms with Crippen molar-refractivity contribution in [3.63, 3.8) is 0 Å². The van der Waals surface area contributed by atoms with E-state index in [4.69, 9.17) is 0 Å². The van der Waals surface area contributed by atoms with Crippen molar-refractivity contribution in [2.45, 2.75) is 58.3 Å². The van der Waals surface area contributed by atoms with Crippen molar-refractivity contribution in [3.8, 4) is 0 Å². The molecule has 1 amide bonds. The fourth-order valence-corrected chi connectivity index (χ4v) is 5.60. The Morgan fingerprint density at radius 1 is 1.00 bits per heavy atom. The van der Waals surface area contributed by atoms with Crippen LogP contribution in [0.25, 0.3) is 0 Å². The van der Waals surface area contributed by atoms with Gasteiger partial charge in [-0.2, -0.15) is 4.31 Å². The number of nitrogens with one attached hydrogen (secondary N) is 1. The van der Waals surface area contributed by atoms with Crippen LogP contribution < -0.4 is 5.32 Å². The predicted molar refractivity (Wildman–Crippen MR) is 121 cm³/mol. The molecule has 0 saturated carbocycles. The van der Waals surface area contributed by atoms with Crippen molar-refractivity contribution in [1.29, 1.82) is 0 Å². The quantitative estimate of drug-likeness (QED) is 0.746. The minimum Gasteiger partial charge on any atom is -0.325 e. The summed E-state index contributed by atoms with van der Waals surface area (Å²) in [4.78, 5) is 13.1. The SMILES string of the molecule is Cc1cc(C)c(NC(=O)C2CCN(S(=O)(=O)c3ccc(C(C)C)cc3)CC2)c(C)c1. The first kappa shape index (κ1) is 22.5. The molecule has 6 heteroatoms. The summed E-state index contributed by atoms with van der Waals surface area (Å²) in [7, 11) is -3.53. The van der Waals surface area contributed by atoms with Gasteiger partial charge in [0, 0.05) is 24.7 Å². The number of aryl methyl sites for hydroxylation is 3. The maximum atomic E-state index is 13.0. The number of carbonyl (C=O) groups excluding carboxylic acids is 1. The van der Waals surface area contributed by atoms with E-state index in [-0.39, 0.29) is 11.8 Å². The van der Waals surface area contributed by atoms with Gasteiger partial charge >= 0.3 is 0 Å². The Morgan fingerprint density at radius 2 is 1.53 bits per heavy atom. The average molecular weight is 429 g/mol. The normalized spacial score (nSPS) is 16.1. The number of sulfonamides is 1. The smallest absolute Gasteiger partial charge is 0.243 e. The number of anilines is 1. The largest absolute Gasteiger partial charge is 0.325 e. The Balaban J connectivity index is 1.64. The molecule has 1 saturated heterocycles. The summed E-state index contributed by atoms with van der Waals surface area (Å²) in [6.07, 6.45) is 1.05. The number of benzene rings is 2. The van der Waals surface area contributed by atoms with E-state index < -0.39 is 10.0 Å². The van der Waals surface area contributed by atoms with E-state index in [2.05, 4.69) is 31.3 Å². The summed E-state index contributed by atoms with van der Waals surface area (Å²) < 4.78 is 27.5. The van der Waals surface area contributed by atoms with Gasteiger partial charge in [0.15, 0.2) is 0 Å². The van der Waals surface area contributed by atoms with Crippen LogP contribution >= 0.6 is 0 Å². The number of amides is 1. The maximum absolute atomic E-state index is 13.0. The number of nitrogens with zero attached hydrogens (tertiary/aromatic N) is 1. The second kappa shape index (κ2) is 8.90. The summed E-state index contributed by atoms with van der Waals surface area (Å²) in [5.74, 6) is 0.153. The first-order valence-corrected chi connectivity index (χ1v) is 12.0. The van der Waals surface area contributed by atoms with E-state index in [0.29, 0.717) is 36.7 Å². The molecule has 0 aromatic heterocycles. The van der Waals surface area contributed by atoms with Gasteiger partial charge in [0.1, 0.15) is 0 Å². The third-order valence-corrected chi connectivity index (χ3v) is 7.85. The zero-order chi connectivity index (χ0) is 22.1. The zero-order valence-corrected chi connectivity index (χ0v) is 19.3. The first-order valence-electron chi connectivity index (χ1n) is 10.6. The second-order valence-corrected chi connectivity index (χ2v) is 10.6. The summed E-state index contributed by atoms with van der Waals surface area (Å²) in [5, 5.41) is 3.07. The first-order chi connectivity index (χ1) is 14.1. The lowest BCUT2D eigenvalue weighted by Crippen LogP contribution is -2.41. The van der Waals surface area contributed by atoms with Gasteiger partial charge < -0.3 is 5.32 Å². The van der Waals surface area contributed by atoms with Gasteiger partial charge in [-0.05, 0) is 68.4 Å². The zero-order valence-electron chi connectivity index (χ0n) is 18.5. The molecule has 0 unspecified atom stereocenters. The van der Waals surface area contributed by atoms with E-state index in [0.717, 1.165) is 22.4 Å². The third kappa shape index (κ3) is 4.76. The molecular formula is C24H32N2O3S.